The van der Waals surface area contributed by atoms with Crippen molar-refractivity contribution in [2.75, 3.05) is 14.2 Å². The maximum Gasteiger partial charge on any atom is 0.220 e. The zero-order chi connectivity index (χ0) is 28.5. The first-order valence-electron chi connectivity index (χ1n) is 13.2. The molecule has 210 valence electrons. The summed E-state index contributed by atoms with van der Waals surface area (Å²) in [6, 6.07) is 4.15. The number of aliphatic hydroxyl groups is 2. The molecule has 38 heavy (non-hydrogen) atoms. The van der Waals surface area contributed by atoms with Gasteiger partial charge in [0.2, 0.25) is 11.8 Å². The summed E-state index contributed by atoms with van der Waals surface area (Å²) in [6.45, 7) is 18.2. The predicted octanol–water partition coefficient (Wildman–Crippen LogP) is 4.00. The fraction of sp³-hybridized carbons (Fsp3) is 0.571. The Kier molecular flexibility index (Phi) is 9.15. The van der Waals surface area contributed by atoms with Gasteiger partial charge in [-0.2, -0.15) is 0 Å². The van der Waals surface area contributed by atoms with E-state index in [2.05, 4.69) is 62.2 Å². The third-order valence-corrected chi connectivity index (χ3v) is 10.7. The van der Waals surface area contributed by atoms with E-state index in [0.717, 1.165) is 28.7 Å². The first kappa shape index (κ1) is 30.3. The van der Waals surface area contributed by atoms with E-state index in [0.29, 0.717) is 24.5 Å². The van der Waals surface area contributed by atoms with Crippen molar-refractivity contribution in [2.45, 2.75) is 91.1 Å². The Morgan fingerprint density at radius 3 is 1.97 bits per heavy atom. The minimum absolute atomic E-state index is 0.195. The zero-order valence-corrected chi connectivity index (χ0v) is 26.6. The highest BCUT2D eigenvalue weighted by atomic mass is 28.3. The highest BCUT2D eigenvalue weighted by Gasteiger charge is 2.44. The molecule has 0 amide bonds. The van der Waals surface area contributed by atoms with Gasteiger partial charge in [0.1, 0.15) is 28.4 Å². The van der Waals surface area contributed by atoms with Gasteiger partial charge < -0.3 is 29.2 Å². The van der Waals surface area contributed by atoms with Gasteiger partial charge in [-0.3, -0.25) is 0 Å². The summed E-state index contributed by atoms with van der Waals surface area (Å²) in [4.78, 5) is 9.24. The molecule has 0 saturated heterocycles. The topological polar surface area (TPSA) is 103 Å². The number of aliphatic hydroxyl groups excluding tert-OH is 1. The molecular weight excluding hydrogens is 516 g/mol. The van der Waals surface area contributed by atoms with Crippen LogP contribution in [0.3, 0.4) is 0 Å². The smallest absolute Gasteiger partial charge is 0.220 e. The van der Waals surface area contributed by atoms with Crippen LogP contribution in [0, 0.1) is 0 Å². The van der Waals surface area contributed by atoms with Crippen molar-refractivity contribution in [1.82, 2.24) is 9.97 Å². The molecule has 0 saturated carbocycles. The number of hydrogen-bond donors (Lipinski definition) is 2. The molecule has 4 rings (SSSR count). The summed E-state index contributed by atoms with van der Waals surface area (Å²) in [7, 11) is 0.139. The highest BCUT2D eigenvalue weighted by Crippen LogP contribution is 2.39. The first-order chi connectivity index (χ1) is 17.7. The average Bonchev–Trinajstić information content (AvgIpc) is 2.88. The molecule has 0 aliphatic carbocycles. The molecule has 2 N–H and O–H groups in total. The standard InChI is InChI=1S/C14H23NO4Si.C14H21NO2Si/c1-6-14(17)10-7-11(20(3,4)5)15-12(18-2)9(10)8-19-13(14)16;1-6-10-8-17-9-12-11(10)7-13(18(3,4)5)15-14(12)16-2/h7,13,16-17H,6,8H2,1-5H3;7-8H,6,9H2,1-5H3/t13-,14-;/m1./s1. The molecule has 2 aliphatic rings. The van der Waals surface area contributed by atoms with E-state index in [1.807, 2.05) is 19.3 Å². The molecule has 0 spiro atoms. The minimum Gasteiger partial charge on any atom is -0.496 e. The lowest BCUT2D eigenvalue weighted by Crippen LogP contribution is -2.48. The van der Waals surface area contributed by atoms with Crippen molar-refractivity contribution in [3.05, 3.63) is 40.6 Å². The fourth-order valence-corrected chi connectivity index (χ4v) is 6.54. The molecule has 2 aliphatic heterocycles. The average molecular weight is 561 g/mol. The Labute approximate surface area is 229 Å². The van der Waals surface area contributed by atoms with Crippen LogP contribution < -0.4 is 20.1 Å². The van der Waals surface area contributed by atoms with E-state index in [1.54, 1.807) is 14.2 Å². The van der Waals surface area contributed by atoms with Gasteiger partial charge in [-0.05, 0) is 36.1 Å². The van der Waals surface area contributed by atoms with Gasteiger partial charge in [0.15, 0.2) is 6.29 Å². The van der Waals surface area contributed by atoms with Gasteiger partial charge in [0.05, 0.1) is 32.7 Å². The lowest BCUT2D eigenvalue weighted by Gasteiger charge is -2.38. The third kappa shape index (κ3) is 5.99. The number of rotatable bonds is 6. The molecule has 4 heterocycles. The normalized spacial score (nSPS) is 20.7. The first-order valence-corrected chi connectivity index (χ1v) is 20.2. The number of methoxy groups -OCH3 is 2. The van der Waals surface area contributed by atoms with Crippen molar-refractivity contribution < 1.29 is 29.2 Å². The molecule has 0 radical (unpaired) electrons. The molecule has 2 aromatic rings. The van der Waals surface area contributed by atoms with E-state index >= 15 is 0 Å². The number of allylic oxidation sites excluding steroid dienone is 1. The molecule has 2 aromatic heterocycles. The van der Waals surface area contributed by atoms with Gasteiger partial charge in [-0.15, -0.1) is 0 Å². The van der Waals surface area contributed by atoms with Crippen LogP contribution in [0.25, 0.3) is 5.57 Å². The van der Waals surface area contributed by atoms with Crippen LogP contribution in [0.15, 0.2) is 18.4 Å². The Balaban J connectivity index is 0.000000212. The fourth-order valence-electron chi connectivity index (χ4n) is 4.52. The summed E-state index contributed by atoms with van der Waals surface area (Å²) >= 11 is 0. The largest absolute Gasteiger partial charge is 0.496 e. The summed E-state index contributed by atoms with van der Waals surface area (Å²) < 4.78 is 21.6. The number of pyridine rings is 2. The molecular formula is C28H44N2O6Si2. The highest BCUT2D eigenvalue weighted by molar-refractivity contribution is 6.88. The minimum atomic E-state index is -1.66. The van der Waals surface area contributed by atoms with E-state index < -0.39 is 28.0 Å². The van der Waals surface area contributed by atoms with Crippen molar-refractivity contribution in [2.24, 2.45) is 0 Å². The van der Waals surface area contributed by atoms with Crippen molar-refractivity contribution in [1.29, 1.82) is 0 Å². The molecule has 0 bridgehead atoms. The number of ether oxygens (including phenoxy) is 4. The lowest BCUT2D eigenvalue weighted by molar-refractivity contribution is -0.236. The van der Waals surface area contributed by atoms with Crippen LogP contribution in [-0.2, 0) is 28.3 Å². The van der Waals surface area contributed by atoms with Gasteiger partial charge in [-0.25, -0.2) is 9.97 Å². The Morgan fingerprint density at radius 2 is 1.47 bits per heavy atom. The van der Waals surface area contributed by atoms with Gasteiger partial charge in [0, 0.05) is 21.8 Å². The van der Waals surface area contributed by atoms with Gasteiger partial charge in [0.25, 0.3) is 0 Å². The van der Waals surface area contributed by atoms with E-state index in [9.17, 15) is 10.2 Å². The second-order valence-electron chi connectivity index (χ2n) is 11.8. The van der Waals surface area contributed by atoms with Crippen molar-refractivity contribution in [3.8, 4) is 11.8 Å². The predicted molar refractivity (Wildman–Crippen MR) is 156 cm³/mol. The molecule has 2 atom stereocenters. The monoisotopic (exact) mass is 560 g/mol. The maximum absolute atomic E-state index is 10.8. The maximum atomic E-state index is 10.8. The number of fused-ring (bicyclic) bond motifs is 2. The van der Waals surface area contributed by atoms with Gasteiger partial charge in [-0.1, -0.05) is 53.1 Å². The summed E-state index contributed by atoms with van der Waals surface area (Å²) in [6.07, 6.45) is 1.97. The second-order valence-corrected chi connectivity index (χ2v) is 21.9. The molecule has 0 aromatic carbocycles. The number of aromatic nitrogens is 2. The van der Waals surface area contributed by atoms with Crippen LogP contribution in [0.1, 0.15) is 48.9 Å². The Bertz CT molecular complexity index is 1190. The summed E-state index contributed by atoms with van der Waals surface area (Å²) in [5.41, 5.74) is 3.58. The Hall–Kier alpha value is -2.25. The van der Waals surface area contributed by atoms with Crippen molar-refractivity contribution in [3.63, 3.8) is 0 Å². The van der Waals surface area contributed by atoms with Crippen LogP contribution in [-0.4, -0.2) is 56.8 Å². The van der Waals surface area contributed by atoms with E-state index in [1.165, 1.54) is 16.5 Å². The van der Waals surface area contributed by atoms with Crippen LogP contribution in [0.2, 0.25) is 39.3 Å². The molecule has 10 heteroatoms. The van der Waals surface area contributed by atoms with Crippen LogP contribution in [0.4, 0.5) is 0 Å². The molecule has 0 fully saturated rings. The van der Waals surface area contributed by atoms with E-state index in [4.69, 9.17) is 18.9 Å². The van der Waals surface area contributed by atoms with Gasteiger partial charge >= 0.3 is 0 Å². The van der Waals surface area contributed by atoms with Crippen LogP contribution in [0.5, 0.6) is 11.8 Å². The SMILES string of the molecule is CCC1=COCc2c1cc([Si](C)(C)C)nc2OC.CC[C@@]1(O)c2cc([Si](C)(C)C)nc(OC)c2CO[C@H]1O. The quantitative estimate of drug-likeness (QED) is 0.511. The summed E-state index contributed by atoms with van der Waals surface area (Å²) in [5.74, 6) is 1.21. The lowest BCUT2D eigenvalue weighted by atomic mass is 9.86. The molecule has 0 unspecified atom stereocenters. The van der Waals surface area contributed by atoms with Crippen LogP contribution >= 0.6 is 0 Å². The zero-order valence-electron chi connectivity index (χ0n) is 24.6. The van der Waals surface area contributed by atoms with E-state index in [-0.39, 0.29) is 6.61 Å². The Morgan fingerprint density at radius 1 is 0.921 bits per heavy atom. The third-order valence-electron chi connectivity index (χ3n) is 7.08. The van der Waals surface area contributed by atoms with Crippen molar-refractivity contribution >= 4 is 32.4 Å². The number of nitrogens with zero attached hydrogens (tertiary/aromatic N) is 2. The molecule has 8 nitrogen and oxygen atoms in total. The summed E-state index contributed by atoms with van der Waals surface area (Å²) in [5, 5.41) is 22.9. The second kappa shape index (κ2) is 11.5. The number of hydrogen-bond acceptors (Lipinski definition) is 8.